The van der Waals surface area contributed by atoms with E-state index in [1.165, 1.54) is 23.5 Å². The minimum Gasteiger partial charge on any atom is -0.350 e. The molecule has 0 saturated carbocycles. The number of nitrogens with zero attached hydrogens (tertiary/aromatic N) is 2. The highest BCUT2D eigenvalue weighted by molar-refractivity contribution is 7.17. The number of carbonyl (C=O) groups excluding carboxylic acids is 1. The van der Waals surface area contributed by atoms with Crippen LogP contribution in [-0.4, -0.2) is 49.0 Å². The molecule has 5 nitrogen and oxygen atoms in total. The Morgan fingerprint density at radius 3 is 2.50 bits per heavy atom. The number of hydrogen-bond acceptors (Lipinski definition) is 5. The van der Waals surface area contributed by atoms with Crippen LogP contribution in [0.4, 0.5) is 13.2 Å². The fourth-order valence-electron chi connectivity index (χ4n) is 2.31. The summed E-state index contributed by atoms with van der Waals surface area (Å²) in [5.74, 6) is -0.237. The van der Waals surface area contributed by atoms with Gasteiger partial charge in [0.15, 0.2) is 0 Å². The number of carbonyl (C=O) groups is 1. The second kappa shape index (κ2) is 8.61. The van der Waals surface area contributed by atoms with Gasteiger partial charge in [0.25, 0.3) is 5.91 Å². The maximum absolute atomic E-state index is 12.6. The molecule has 1 aromatic carbocycles. The van der Waals surface area contributed by atoms with Gasteiger partial charge in [-0.15, -0.1) is 11.3 Å². The van der Waals surface area contributed by atoms with Gasteiger partial charge in [0.2, 0.25) is 0 Å². The van der Waals surface area contributed by atoms with Crippen molar-refractivity contribution in [2.24, 2.45) is 5.73 Å². The SMILES string of the molecule is Cc1nc(-c2ccc(C(F)(F)F)cc2)sc1C(=O)NCCN(C)CCN. The average Bonchev–Trinajstić information content (AvgIpc) is 2.96. The molecule has 0 aliphatic carbocycles. The van der Waals surface area contributed by atoms with Gasteiger partial charge in [-0.3, -0.25) is 4.79 Å². The number of amides is 1. The molecular weight excluding hydrogens is 365 g/mol. The van der Waals surface area contributed by atoms with Gasteiger partial charge < -0.3 is 16.0 Å². The first-order chi connectivity index (χ1) is 12.2. The first-order valence-electron chi connectivity index (χ1n) is 8.04. The number of hydrogen-bond donors (Lipinski definition) is 2. The zero-order valence-electron chi connectivity index (χ0n) is 14.6. The number of alkyl halides is 3. The number of nitrogens with two attached hydrogens (primary N) is 1. The molecule has 1 heterocycles. The van der Waals surface area contributed by atoms with Crippen molar-refractivity contribution >= 4 is 17.2 Å². The Balaban J connectivity index is 2.05. The third-order valence-corrected chi connectivity index (χ3v) is 4.96. The Morgan fingerprint density at radius 1 is 1.27 bits per heavy atom. The number of halogens is 3. The third-order valence-electron chi connectivity index (χ3n) is 3.75. The molecule has 2 rings (SSSR count). The summed E-state index contributed by atoms with van der Waals surface area (Å²) in [7, 11) is 1.92. The van der Waals surface area contributed by atoms with Crippen LogP contribution < -0.4 is 11.1 Å². The van der Waals surface area contributed by atoms with Crippen LogP contribution in [0.3, 0.4) is 0 Å². The first kappa shape index (κ1) is 20.3. The number of aryl methyl sites for hydroxylation is 1. The van der Waals surface area contributed by atoms with E-state index in [2.05, 4.69) is 10.3 Å². The summed E-state index contributed by atoms with van der Waals surface area (Å²) >= 11 is 1.17. The molecule has 2 aromatic rings. The molecule has 0 saturated heterocycles. The van der Waals surface area contributed by atoms with Gasteiger partial charge in [-0.2, -0.15) is 13.2 Å². The van der Waals surface area contributed by atoms with Gasteiger partial charge in [-0.1, -0.05) is 12.1 Å². The third kappa shape index (κ3) is 5.26. The summed E-state index contributed by atoms with van der Waals surface area (Å²) in [6.45, 7) is 4.15. The van der Waals surface area contributed by atoms with Crippen molar-refractivity contribution in [1.29, 1.82) is 0 Å². The van der Waals surface area contributed by atoms with Crippen LogP contribution in [0.5, 0.6) is 0 Å². The van der Waals surface area contributed by atoms with Crippen LogP contribution in [0.25, 0.3) is 10.6 Å². The van der Waals surface area contributed by atoms with Crippen molar-refractivity contribution in [2.45, 2.75) is 13.1 Å². The largest absolute Gasteiger partial charge is 0.416 e. The molecule has 142 valence electrons. The molecule has 26 heavy (non-hydrogen) atoms. The predicted octanol–water partition coefficient (Wildman–Crippen LogP) is 2.76. The summed E-state index contributed by atoms with van der Waals surface area (Å²) in [6.07, 6.45) is -4.38. The first-order valence-corrected chi connectivity index (χ1v) is 8.86. The fraction of sp³-hybridized carbons (Fsp3) is 0.412. The molecule has 1 amide bonds. The molecule has 0 aliphatic heterocycles. The zero-order chi connectivity index (χ0) is 19.3. The van der Waals surface area contributed by atoms with Gasteiger partial charge in [-0.25, -0.2) is 4.98 Å². The lowest BCUT2D eigenvalue weighted by Crippen LogP contribution is -2.35. The number of aromatic nitrogens is 1. The van der Waals surface area contributed by atoms with E-state index >= 15 is 0 Å². The summed E-state index contributed by atoms with van der Waals surface area (Å²) in [6, 6.07) is 4.76. The highest BCUT2D eigenvalue weighted by Gasteiger charge is 2.30. The van der Waals surface area contributed by atoms with E-state index in [9.17, 15) is 18.0 Å². The molecule has 0 spiro atoms. The van der Waals surface area contributed by atoms with Gasteiger partial charge in [0.05, 0.1) is 11.3 Å². The second-order valence-electron chi connectivity index (χ2n) is 5.86. The van der Waals surface area contributed by atoms with Crippen LogP contribution >= 0.6 is 11.3 Å². The van der Waals surface area contributed by atoms with Crippen molar-refractivity contribution in [3.05, 3.63) is 40.4 Å². The predicted molar refractivity (Wildman–Crippen MR) is 96.2 cm³/mol. The standard InChI is InChI=1S/C17H21F3N4OS/c1-11-14(15(25)22-8-10-24(2)9-7-21)26-16(23-11)12-3-5-13(6-4-12)17(18,19)20/h3-6H,7-10,21H2,1-2H3,(H,22,25). The summed E-state index contributed by atoms with van der Waals surface area (Å²) in [5.41, 5.74) is 5.85. The Hall–Kier alpha value is -1.97. The van der Waals surface area contributed by atoms with Crippen molar-refractivity contribution in [3.8, 4) is 10.6 Å². The van der Waals surface area contributed by atoms with Crippen molar-refractivity contribution in [3.63, 3.8) is 0 Å². The number of rotatable bonds is 7. The molecule has 3 N–H and O–H groups in total. The second-order valence-corrected chi connectivity index (χ2v) is 6.86. The smallest absolute Gasteiger partial charge is 0.350 e. The molecule has 0 fully saturated rings. The Kier molecular flexibility index (Phi) is 6.74. The van der Waals surface area contributed by atoms with Gasteiger partial charge >= 0.3 is 6.18 Å². The van der Waals surface area contributed by atoms with E-state index in [-0.39, 0.29) is 5.91 Å². The van der Waals surface area contributed by atoms with Gasteiger partial charge in [0.1, 0.15) is 9.88 Å². The van der Waals surface area contributed by atoms with Crippen molar-refractivity contribution < 1.29 is 18.0 Å². The summed E-state index contributed by atoms with van der Waals surface area (Å²) in [4.78, 5) is 19.1. The van der Waals surface area contributed by atoms with Gasteiger partial charge in [0, 0.05) is 31.7 Å². The van der Waals surface area contributed by atoms with E-state index in [0.717, 1.165) is 18.7 Å². The normalized spacial score (nSPS) is 11.8. The summed E-state index contributed by atoms with van der Waals surface area (Å²) in [5, 5.41) is 3.34. The lowest BCUT2D eigenvalue weighted by atomic mass is 10.1. The number of nitrogens with one attached hydrogen (secondary N) is 1. The number of thiazole rings is 1. The Labute approximate surface area is 154 Å². The number of likely N-dealkylation sites (N-methyl/N-ethyl adjacent to an activating group) is 1. The maximum Gasteiger partial charge on any atom is 0.416 e. The monoisotopic (exact) mass is 386 g/mol. The molecule has 0 aliphatic rings. The van der Waals surface area contributed by atoms with Crippen LogP contribution in [0, 0.1) is 6.92 Å². The lowest BCUT2D eigenvalue weighted by Gasteiger charge is -2.15. The van der Waals surface area contributed by atoms with Crippen LogP contribution in [0.15, 0.2) is 24.3 Å². The van der Waals surface area contributed by atoms with E-state index in [0.29, 0.717) is 40.8 Å². The summed E-state index contributed by atoms with van der Waals surface area (Å²) < 4.78 is 37.9. The average molecular weight is 386 g/mol. The van der Waals surface area contributed by atoms with E-state index < -0.39 is 11.7 Å². The molecule has 0 atom stereocenters. The molecule has 0 radical (unpaired) electrons. The minimum absolute atomic E-state index is 0.237. The Bertz CT molecular complexity index is 743. The molecule has 9 heteroatoms. The quantitative estimate of drug-likeness (QED) is 0.768. The highest BCUT2D eigenvalue weighted by Crippen LogP contribution is 2.32. The van der Waals surface area contributed by atoms with Gasteiger partial charge in [-0.05, 0) is 26.1 Å². The topological polar surface area (TPSA) is 71.2 Å². The Morgan fingerprint density at radius 2 is 1.92 bits per heavy atom. The molecule has 0 bridgehead atoms. The van der Waals surface area contributed by atoms with Crippen LogP contribution in [-0.2, 0) is 6.18 Å². The minimum atomic E-state index is -4.38. The van der Waals surface area contributed by atoms with Crippen molar-refractivity contribution in [2.75, 3.05) is 33.2 Å². The highest BCUT2D eigenvalue weighted by atomic mass is 32.1. The molecule has 0 unspecified atom stereocenters. The maximum atomic E-state index is 12.6. The lowest BCUT2D eigenvalue weighted by molar-refractivity contribution is -0.137. The fourth-order valence-corrected chi connectivity index (χ4v) is 3.29. The van der Waals surface area contributed by atoms with Crippen molar-refractivity contribution in [1.82, 2.24) is 15.2 Å². The van der Waals surface area contributed by atoms with E-state index in [1.807, 2.05) is 11.9 Å². The van der Waals surface area contributed by atoms with E-state index in [1.54, 1.807) is 6.92 Å². The zero-order valence-corrected chi connectivity index (χ0v) is 15.4. The van der Waals surface area contributed by atoms with E-state index in [4.69, 9.17) is 5.73 Å². The van der Waals surface area contributed by atoms with Crippen LogP contribution in [0.1, 0.15) is 20.9 Å². The molecule has 1 aromatic heterocycles. The molecular formula is C17H21F3N4OS. The van der Waals surface area contributed by atoms with Crippen LogP contribution in [0.2, 0.25) is 0 Å². The number of benzene rings is 1.